The summed E-state index contributed by atoms with van der Waals surface area (Å²) in [4.78, 5) is 5.22. The average Bonchev–Trinajstić information content (AvgIpc) is 2.47. The van der Waals surface area contributed by atoms with E-state index in [1.54, 1.807) is 0 Å². The highest BCUT2D eigenvalue weighted by atomic mass is 15.2. The van der Waals surface area contributed by atoms with E-state index in [-0.39, 0.29) is 0 Å². The molecule has 3 nitrogen and oxygen atoms in total. The van der Waals surface area contributed by atoms with Gasteiger partial charge in [-0.05, 0) is 78.9 Å². The quantitative estimate of drug-likeness (QED) is 0.860. The van der Waals surface area contributed by atoms with Crippen molar-refractivity contribution in [2.75, 3.05) is 32.7 Å². The number of rotatable bonds is 4. The lowest BCUT2D eigenvalue weighted by molar-refractivity contribution is 0.0884. The Bertz CT molecular complexity index is 294. The normalized spacial score (nSPS) is 26.1. The molecule has 0 amide bonds. The molecule has 2 aliphatic heterocycles. The zero-order valence-electron chi connectivity index (χ0n) is 15.0. The molecule has 2 heterocycles. The van der Waals surface area contributed by atoms with E-state index in [0.29, 0.717) is 11.6 Å². The first kappa shape index (κ1) is 17.2. The van der Waals surface area contributed by atoms with Crippen molar-refractivity contribution in [3.8, 4) is 0 Å². The molecule has 0 spiro atoms. The van der Waals surface area contributed by atoms with E-state index in [4.69, 9.17) is 0 Å². The molecular formula is C18H37N3. The van der Waals surface area contributed by atoms with Crippen molar-refractivity contribution in [3.05, 3.63) is 0 Å². The lowest BCUT2D eigenvalue weighted by Crippen LogP contribution is -2.52. The lowest BCUT2D eigenvalue weighted by atomic mass is 9.89. The van der Waals surface area contributed by atoms with Crippen LogP contribution in [0, 0.1) is 5.92 Å². The van der Waals surface area contributed by atoms with Crippen molar-refractivity contribution in [2.24, 2.45) is 5.92 Å². The molecule has 0 aromatic carbocycles. The average molecular weight is 296 g/mol. The van der Waals surface area contributed by atoms with Gasteiger partial charge < -0.3 is 10.2 Å². The van der Waals surface area contributed by atoms with Crippen molar-refractivity contribution in [1.82, 2.24) is 15.1 Å². The van der Waals surface area contributed by atoms with E-state index in [1.807, 2.05) is 0 Å². The molecule has 2 saturated heterocycles. The summed E-state index contributed by atoms with van der Waals surface area (Å²) in [5.74, 6) is 0.883. The minimum absolute atomic E-state index is 0.337. The van der Waals surface area contributed by atoms with Gasteiger partial charge in [-0.2, -0.15) is 0 Å². The number of piperidine rings is 2. The molecule has 0 saturated carbocycles. The van der Waals surface area contributed by atoms with Crippen LogP contribution in [0.25, 0.3) is 0 Å². The molecule has 0 aromatic rings. The van der Waals surface area contributed by atoms with Crippen LogP contribution in [-0.2, 0) is 0 Å². The summed E-state index contributed by atoms with van der Waals surface area (Å²) in [5.41, 5.74) is 0.337. The van der Waals surface area contributed by atoms with Crippen LogP contribution in [0.2, 0.25) is 0 Å². The van der Waals surface area contributed by atoms with E-state index in [0.717, 1.165) is 12.0 Å². The van der Waals surface area contributed by atoms with Crippen LogP contribution in [0.5, 0.6) is 0 Å². The topological polar surface area (TPSA) is 18.5 Å². The summed E-state index contributed by atoms with van der Waals surface area (Å²) in [6, 6.07) is 1.43. The second-order valence-electron chi connectivity index (χ2n) is 8.16. The third kappa shape index (κ3) is 4.94. The largest absolute Gasteiger partial charge is 0.311 e. The predicted octanol–water partition coefficient (Wildman–Crippen LogP) is 2.96. The fourth-order valence-electron chi connectivity index (χ4n) is 3.99. The molecule has 2 fully saturated rings. The van der Waals surface area contributed by atoms with Crippen LogP contribution >= 0.6 is 0 Å². The van der Waals surface area contributed by atoms with Gasteiger partial charge >= 0.3 is 0 Å². The van der Waals surface area contributed by atoms with E-state index in [1.165, 1.54) is 58.4 Å². The van der Waals surface area contributed by atoms with Gasteiger partial charge in [0.2, 0.25) is 0 Å². The first-order chi connectivity index (χ1) is 9.90. The van der Waals surface area contributed by atoms with Gasteiger partial charge in [-0.1, -0.05) is 6.92 Å². The van der Waals surface area contributed by atoms with Crippen molar-refractivity contribution in [3.63, 3.8) is 0 Å². The van der Waals surface area contributed by atoms with Crippen LogP contribution in [0.15, 0.2) is 0 Å². The fourth-order valence-corrected chi connectivity index (χ4v) is 3.99. The molecule has 0 bridgehead atoms. The molecule has 124 valence electrons. The van der Waals surface area contributed by atoms with Gasteiger partial charge in [0.1, 0.15) is 0 Å². The SMILES string of the molecule is CCN1CCC(C(C)NC2CCN(C(C)(C)C)CC2)CC1. The molecule has 1 unspecified atom stereocenters. The molecule has 3 heteroatoms. The Morgan fingerprint density at radius 3 is 2.05 bits per heavy atom. The van der Waals surface area contributed by atoms with E-state index in [2.05, 4.69) is 49.7 Å². The smallest absolute Gasteiger partial charge is 0.0125 e. The first-order valence-corrected chi connectivity index (χ1v) is 9.13. The maximum absolute atomic E-state index is 3.95. The number of hydrogen-bond acceptors (Lipinski definition) is 3. The maximum atomic E-state index is 3.95. The Kier molecular flexibility index (Phi) is 6.10. The van der Waals surface area contributed by atoms with Crippen LogP contribution in [0.4, 0.5) is 0 Å². The Balaban J connectivity index is 1.71. The zero-order chi connectivity index (χ0) is 15.5. The molecule has 1 atom stereocenters. The highest BCUT2D eigenvalue weighted by Crippen LogP contribution is 2.24. The van der Waals surface area contributed by atoms with E-state index >= 15 is 0 Å². The molecule has 0 radical (unpaired) electrons. The lowest BCUT2D eigenvalue weighted by Gasteiger charge is -2.42. The van der Waals surface area contributed by atoms with Crippen molar-refractivity contribution in [2.45, 2.75) is 77.9 Å². The fraction of sp³-hybridized carbons (Fsp3) is 1.00. The Morgan fingerprint density at radius 1 is 1.00 bits per heavy atom. The van der Waals surface area contributed by atoms with Gasteiger partial charge in [0.25, 0.3) is 0 Å². The summed E-state index contributed by atoms with van der Waals surface area (Å²) in [6.45, 7) is 18.0. The molecule has 2 rings (SSSR count). The van der Waals surface area contributed by atoms with Crippen LogP contribution in [-0.4, -0.2) is 60.1 Å². The Morgan fingerprint density at radius 2 is 1.57 bits per heavy atom. The Hall–Kier alpha value is -0.120. The van der Waals surface area contributed by atoms with Crippen LogP contribution in [0.3, 0.4) is 0 Å². The summed E-state index contributed by atoms with van der Waals surface area (Å²) >= 11 is 0. The zero-order valence-corrected chi connectivity index (χ0v) is 15.0. The number of hydrogen-bond donors (Lipinski definition) is 1. The van der Waals surface area contributed by atoms with Gasteiger partial charge in [-0.3, -0.25) is 4.90 Å². The van der Waals surface area contributed by atoms with Gasteiger partial charge in [0.05, 0.1) is 0 Å². The standard InChI is InChI=1S/C18H37N3/c1-6-20-11-7-16(8-12-20)15(2)19-17-9-13-21(14-10-17)18(3,4)5/h15-17,19H,6-14H2,1-5H3. The third-order valence-electron chi connectivity index (χ3n) is 5.73. The molecule has 0 aliphatic carbocycles. The summed E-state index contributed by atoms with van der Waals surface area (Å²) < 4.78 is 0. The minimum atomic E-state index is 0.337. The van der Waals surface area contributed by atoms with Gasteiger partial charge in [-0.15, -0.1) is 0 Å². The highest BCUT2D eigenvalue weighted by molar-refractivity contribution is 4.87. The summed E-state index contributed by atoms with van der Waals surface area (Å²) in [7, 11) is 0. The molecule has 2 aliphatic rings. The second kappa shape index (κ2) is 7.43. The van der Waals surface area contributed by atoms with E-state index < -0.39 is 0 Å². The van der Waals surface area contributed by atoms with Crippen LogP contribution in [0.1, 0.15) is 60.3 Å². The molecule has 0 aromatic heterocycles. The number of nitrogens with zero attached hydrogens (tertiary/aromatic N) is 2. The minimum Gasteiger partial charge on any atom is -0.311 e. The molecule has 1 N–H and O–H groups in total. The molecule has 21 heavy (non-hydrogen) atoms. The van der Waals surface area contributed by atoms with Gasteiger partial charge in [0.15, 0.2) is 0 Å². The maximum Gasteiger partial charge on any atom is 0.0125 e. The van der Waals surface area contributed by atoms with Crippen molar-refractivity contribution >= 4 is 0 Å². The second-order valence-corrected chi connectivity index (χ2v) is 8.16. The highest BCUT2D eigenvalue weighted by Gasteiger charge is 2.29. The van der Waals surface area contributed by atoms with Crippen molar-refractivity contribution in [1.29, 1.82) is 0 Å². The van der Waals surface area contributed by atoms with E-state index in [9.17, 15) is 0 Å². The predicted molar refractivity (Wildman–Crippen MR) is 91.8 cm³/mol. The molecular weight excluding hydrogens is 258 g/mol. The van der Waals surface area contributed by atoms with Gasteiger partial charge in [-0.25, -0.2) is 0 Å². The number of nitrogens with one attached hydrogen (secondary N) is 1. The van der Waals surface area contributed by atoms with Crippen LogP contribution < -0.4 is 5.32 Å². The number of likely N-dealkylation sites (tertiary alicyclic amines) is 2. The summed E-state index contributed by atoms with van der Waals surface area (Å²) in [6.07, 6.45) is 5.39. The summed E-state index contributed by atoms with van der Waals surface area (Å²) in [5, 5.41) is 3.95. The van der Waals surface area contributed by atoms with Gasteiger partial charge in [0, 0.05) is 30.7 Å². The first-order valence-electron chi connectivity index (χ1n) is 9.13. The van der Waals surface area contributed by atoms with Crippen molar-refractivity contribution < 1.29 is 0 Å². The monoisotopic (exact) mass is 295 g/mol. The third-order valence-corrected chi connectivity index (χ3v) is 5.73. The Labute approximate surface area is 132 Å².